The molecule has 15 nitrogen and oxygen atoms in total. The van der Waals surface area contributed by atoms with Crippen molar-refractivity contribution < 1.29 is 38.4 Å². The first-order valence-corrected chi connectivity index (χ1v) is 12.5. The molecule has 0 aliphatic carbocycles. The third-order valence-electron chi connectivity index (χ3n) is 4.77. The minimum absolute atomic E-state index is 0. The van der Waals surface area contributed by atoms with Gasteiger partial charge in [-0.2, -0.15) is 6.41 Å². The molecule has 2 rings (SSSR count). The van der Waals surface area contributed by atoms with Gasteiger partial charge in [-0.15, -0.1) is 0 Å². The first-order valence-electron chi connectivity index (χ1n) is 12.5. The molecule has 0 spiro atoms. The number of hydrogen-bond donors (Lipinski definition) is 5. The molecule has 6 N–H and O–H groups in total. The van der Waals surface area contributed by atoms with E-state index in [-0.39, 0.29) is 37.6 Å². The summed E-state index contributed by atoms with van der Waals surface area (Å²) in [5, 5.41) is 20.3. The summed E-state index contributed by atoms with van der Waals surface area (Å²) in [6.07, 6.45) is 2.11. The van der Waals surface area contributed by atoms with Crippen LogP contribution < -0.4 is 31.7 Å². The van der Waals surface area contributed by atoms with Gasteiger partial charge in [-0.3, -0.25) is 19.7 Å². The molecule has 5 amide bonds. The van der Waals surface area contributed by atoms with Crippen LogP contribution in [0.5, 0.6) is 5.75 Å². The van der Waals surface area contributed by atoms with Gasteiger partial charge in [0.25, 0.3) is 5.69 Å². The third kappa shape index (κ3) is 14.7. The van der Waals surface area contributed by atoms with Gasteiger partial charge in [-0.1, -0.05) is 32.4 Å². The topological polar surface area (TPSA) is 221 Å². The van der Waals surface area contributed by atoms with Crippen LogP contribution in [0.25, 0.3) is 0 Å². The monoisotopic (exact) mass is 830 g/mol. The number of nitro groups is 1. The molecule has 234 valence electrons. The summed E-state index contributed by atoms with van der Waals surface area (Å²) >= 11 is 0. The standard InChI is InChI=1S/C23H25N6O9.C3H8.Fm/c24-22(33)26-11-1-2-19(28-20(31)12-25-14-30)21(32)27-16-5-3-15(4-6-16)13-37-23(34)38-18-9-7-17(8-10-18)29(35)36;1-3-2;/h3-10,19H,1-2,11-13H2,(H,25,30)(H,27,32)(H,28,31)(H3,24,26,33);3H2,1-2H3;/q-1;;. The van der Waals surface area contributed by atoms with Crippen molar-refractivity contribution in [1.82, 2.24) is 16.0 Å². The van der Waals surface area contributed by atoms with E-state index in [1.165, 1.54) is 37.1 Å². The Morgan fingerprint density at radius 3 is 2.21 bits per heavy atom. The van der Waals surface area contributed by atoms with Crippen LogP contribution >= 0.6 is 0 Å². The molecule has 0 radical (unpaired) electrons. The molecule has 2 aromatic rings. The summed E-state index contributed by atoms with van der Waals surface area (Å²) in [6.45, 7) is 3.93. The number of hydrogen-bond acceptors (Lipinski definition) is 9. The minimum atomic E-state index is -1.01. The van der Waals surface area contributed by atoms with Crippen molar-refractivity contribution in [2.45, 2.75) is 45.8 Å². The molecule has 16 heteroatoms. The average molecular weight is 831 g/mol. The van der Waals surface area contributed by atoms with E-state index < -0.39 is 35.0 Å². The fourth-order valence-corrected chi connectivity index (χ4v) is 2.97. The molecular formula is C26H33FmN6O9-. The van der Waals surface area contributed by atoms with E-state index >= 15 is 0 Å². The number of nitrogens with one attached hydrogen (secondary N) is 4. The van der Waals surface area contributed by atoms with Crippen LogP contribution in [-0.4, -0.2) is 54.5 Å². The third-order valence-corrected chi connectivity index (χ3v) is 4.77. The van der Waals surface area contributed by atoms with Crippen molar-refractivity contribution in [1.29, 1.82) is 0 Å². The molecule has 0 heterocycles. The number of non-ortho nitro benzene ring substituents is 1. The average Bonchev–Trinajstić information content (AvgIpc) is 2.93. The van der Waals surface area contributed by atoms with E-state index in [0.29, 0.717) is 17.7 Å². The van der Waals surface area contributed by atoms with Gasteiger partial charge in [0.2, 0.25) is 11.8 Å². The fraction of sp³-hybridized carbons (Fsp3) is 0.346. The SMILES string of the molecule is CCC.NC(=O)NCCCC(NC(=O)CN[C-]=O)C(=O)Nc1ccc(COC(=O)Oc2ccc([N+](=O)[O-])cc2)cc1.[Fm]. The summed E-state index contributed by atoms with van der Waals surface area (Å²) < 4.78 is 9.97. The van der Waals surface area contributed by atoms with Crippen LogP contribution in [0.2, 0.25) is 0 Å². The number of rotatable bonds is 14. The Bertz CT molecular complexity index is 1160. The van der Waals surface area contributed by atoms with Crippen molar-refractivity contribution in [2.24, 2.45) is 5.73 Å². The van der Waals surface area contributed by atoms with E-state index in [9.17, 15) is 34.1 Å². The second kappa shape index (κ2) is 19.8. The summed E-state index contributed by atoms with van der Waals surface area (Å²) in [7, 11) is 0. The zero-order chi connectivity index (χ0) is 30.6. The largest absolute Gasteiger partial charge is 0.522 e. The summed E-state index contributed by atoms with van der Waals surface area (Å²) in [4.78, 5) is 67.7. The summed E-state index contributed by atoms with van der Waals surface area (Å²) in [6, 6.07) is 9.48. The number of nitrogens with two attached hydrogens (primary N) is 1. The van der Waals surface area contributed by atoms with Gasteiger partial charge >= 0.3 is 12.2 Å². The Morgan fingerprint density at radius 2 is 1.67 bits per heavy atom. The smallest absolute Gasteiger partial charge is 0.514 e. The molecule has 0 aromatic heterocycles. The second-order valence-corrected chi connectivity index (χ2v) is 8.29. The van der Waals surface area contributed by atoms with E-state index in [1.807, 2.05) is 0 Å². The Labute approximate surface area is 236 Å². The molecule has 0 fully saturated rings. The number of nitro benzene ring substituents is 1. The van der Waals surface area contributed by atoms with Crippen LogP contribution in [0, 0.1) is 10.1 Å². The number of carbonyl (C=O) groups excluding carboxylic acids is 5. The molecule has 42 heavy (non-hydrogen) atoms. The number of primary amides is 1. The normalized spacial score (nSPS) is 10.2. The number of carbonyl (C=O) groups is 4. The molecular weight excluding hydrogens is 797 g/mol. The van der Waals surface area contributed by atoms with E-state index in [2.05, 4.69) is 35.1 Å². The fourth-order valence-electron chi connectivity index (χ4n) is 2.97. The molecule has 0 saturated heterocycles. The predicted molar refractivity (Wildman–Crippen MR) is 147 cm³/mol. The summed E-state index contributed by atoms with van der Waals surface area (Å²) in [5.41, 5.74) is 5.82. The molecule has 0 aliphatic heterocycles. The van der Waals surface area contributed by atoms with Crippen LogP contribution in [0.4, 0.5) is 21.0 Å². The Morgan fingerprint density at radius 1 is 1.05 bits per heavy atom. The van der Waals surface area contributed by atoms with Gasteiger partial charge in [-0.25, -0.2) is 9.59 Å². The maximum Gasteiger partial charge on any atom is 0.514 e. The van der Waals surface area contributed by atoms with E-state index in [4.69, 9.17) is 15.2 Å². The maximum atomic E-state index is 12.7. The van der Waals surface area contributed by atoms with Gasteiger partial charge in [0.05, 0.1) is 11.5 Å². The van der Waals surface area contributed by atoms with Crippen LogP contribution in [-0.2, 0) is 25.7 Å². The molecule has 0 bridgehead atoms. The van der Waals surface area contributed by atoms with Crippen LogP contribution in [0.3, 0.4) is 0 Å². The zero-order valence-electron chi connectivity index (χ0n) is 22.9. The van der Waals surface area contributed by atoms with Gasteiger partial charge in [0.1, 0.15) is 18.4 Å². The first-order chi connectivity index (χ1) is 19.6. The molecule has 2 aromatic carbocycles. The van der Waals surface area contributed by atoms with Crippen molar-refractivity contribution in [2.75, 3.05) is 18.4 Å². The zero-order valence-corrected chi connectivity index (χ0v) is 25.3. The first kappa shape index (κ1) is 35.8. The Kier molecular flexibility index (Phi) is 16.9. The van der Waals surface area contributed by atoms with Gasteiger partial charge < -0.3 is 41.3 Å². The molecule has 0 saturated carbocycles. The number of ether oxygens (including phenoxy) is 2. The van der Waals surface area contributed by atoms with Crippen molar-refractivity contribution in [3.8, 4) is 5.75 Å². The number of benzene rings is 2. The second-order valence-electron chi connectivity index (χ2n) is 8.29. The van der Waals surface area contributed by atoms with Crippen LogP contribution in [0.15, 0.2) is 48.5 Å². The maximum absolute atomic E-state index is 12.7. The molecule has 1 atom stereocenters. The van der Waals surface area contributed by atoms with Gasteiger partial charge in [0, 0.05) is 24.4 Å². The van der Waals surface area contributed by atoms with E-state index in [0.717, 1.165) is 0 Å². The minimum Gasteiger partial charge on any atom is -0.522 e. The molecule has 0 aliphatic rings. The van der Waals surface area contributed by atoms with Gasteiger partial charge in [-0.05, 0) is 42.7 Å². The predicted octanol–water partition coefficient (Wildman–Crippen LogP) is 2.26. The Balaban J connectivity index is 0.00000402. The van der Waals surface area contributed by atoms with Crippen molar-refractivity contribution in [3.05, 3.63) is 64.2 Å². The molecule has 1 unspecified atom stereocenters. The van der Waals surface area contributed by atoms with E-state index in [1.54, 1.807) is 24.3 Å². The number of nitrogens with zero attached hydrogens (tertiary/aromatic N) is 1. The number of urea groups is 1. The van der Waals surface area contributed by atoms with Crippen LogP contribution in [0.1, 0.15) is 38.7 Å². The van der Waals surface area contributed by atoms with Crippen molar-refractivity contribution >= 4 is 41.8 Å². The quantitative estimate of drug-likeness (QED) is 0.0358. The Hall–Kier alpha value is -6.21. The van der Waals surface area contributed by atoms with Crippen molar-refractivity contribution in [3.63, 3.8) is 0 Å². The summed E-state index contributed by atoms with van der Waals surface area (Å²) in [5.74, 6) is -1.07. The number of amides is 5. The number of anilines is 1. The van der Waals surface area contributed by atoms with Gasteiger partial charge in [0.15, 0.2) is 0 Å².